The third-order valence-corrected chi connectivity index (χ3v) is 4.24. The number of hydrogen-bond donors (Lipinski definition) is 1. The molecule has 0 aliphatic heterocycles. The van der Waals surface area contributed by atoms with Crippen molar-refractivity contribution in [3.63, 3.8) is 0 Å². The highest BCUT2D eigenvalue weighted by molar-refractivity contribution is 7.99. The highest BCUT2D eigenvalue weighted by Gasteiger charge is 2.23. The number of nitrogens with zero attached hydrogens (tertiary/aromatic N) is 3. The molecule has 112 valence electrons. The Morgan fingerprint density at radius 3 is 2.68 bits per heavy atom. The van der Waals surface area contributed by atoms with Gasteiger partial charge in [-0.3, -0.25) is 0 Å². The first-order valence-corrected chi connectivity index (χ1v) is 7.62. The monoisotopic (exact) mass is 315 g/mol. The van der Waals surface area contributed by atoms with E-state index in [4.69, 9.17) is 0 Å². The van der Waals surface area contributed by atoms with Crippen LogP contribution in [0.3, 0.4) is 0 Å². The molecule has 0 bridgehead atoms. The van der Waals surface area contributed by atoms with Gasteiger partial charge in [-0.1, -0.05) is 48.2 Å². The average molecular weight is 315 g/mol. The van der Waals surface area contributed by atoms with Crippen molar-refractivity contribution in [2.75, 3.05) is 5.75 Å². The van der Waals surface area contributed by atoms with Crippen LogP contribution in [0, 0.1) is 10.1 Å². The van der Waals surface area contributed by atoms with Crippen LogP contribution in [-0.4, -0.2) is 25.2 Å². The fourth-order valence-electron chi connectivity index (χ4n) is 2.15. The zero-order chi connectivity index (χ0) is 15.5. The third-order valence-electron chi connectivity index (χ3n) is 3.21. The Hall–Kier alpha value is -2.38. The molecule has 0 saturated carbocycles. The van der Waals surface area contributed by atoms with E-state index < -0.39 is 11.0 Å². The van der Waals surface area contributed by atoms with Crippen LogP contribution in [-0.2, 0) is 0 Å². The van der Waals surface area contributed by atoms with E-state index in [1.807, 2.05) is 30.3 Å². The van der Waals surface area contributed by atoms with E-state index in [9.17, 15) is 15.2 Å². The molecule has 2 aromatic heterocycles. The van der Waals surface area contributed by atoms with Gasteiger partial charge in [0, 0.05) is 11.8 Å². The summed E-state index contributed by atoms with van der Waals surface area (Å²) in [5.74, 6) is 0.232. The lowest BCUT2D eigenvalue weighted by atomic mass is 10.1. The summed E-state index contributed by atoms with van der Waals surface area (Å²) in [6.07, 6.45) is 0.911. The molecular formula is C15H13N3O3S. The van der Waals surface area contributed by atoms with E-state index in [-0.39, 0.29) is 5.82 Å². The quantitative estimate of drug-likeness (QED) is 0.444. The number of pyridine rings is 1. The van der Waals surface area contributed by atoms with Crippen molar-refractivity contribution in [2.24, 2.45) is 0 Å². The summed E-state index contributed by atoms with van der Waals surface area (Å²) in [4.78, 5) is 15.1. The molecule has 0 amide bonds. The minimum atomic E-state index is -0.699. The van der Waals surface area contributed by atoms with Crippen molar-refractivity contribution in [1.29, 1.82) is 0 Å². The average Bonchev–Trinajstić information content (AvgIpc) is 2.92. The van der Waals surface area contributed by atoms with Gasteiger partial charge in [-0.05, 0) is 16.6 Å². The lowest BCUT2D eigenvalue weighted by Gasteiger charge is -2.09. The van der Waals surface area contributed by atoms with Crippen LogP contribution >= 0.6 is 11.8 Å². The minimum absolute atomic E-state index is 0.0686. The van der Waals surface area contributed by atoms with Crippen LogP contribution < -0.4 is 0 Å². The van der Waals surface area contributed by atoms with Gasteiger partial charge < -0.3 is 15.2 Å². The summed E-state index contributed by atoms with van der Waals surface area (Å²) >= 11 is 1.18. The van der Waals surface area contributed by atoms with E-state index in [1.165, 1.54) is 16.2 Å². The molecule has 2 heterocycles. The summed E-state index contributed by atoms with van der Waals surface area (Å²) in [5, 5.41) is 21.8. The summed E-state index contributed by atoms with van der Waals surface area (Å²) in [5.41, 5.74) is 1.30. The summed E-state index contributed by atoms with van der Waals surface area (Å²) in [6.45, 7) is 0. The first kappa shape index (κ1) is 14.6. The van der Waals surface area contributed by atoms with Crippen LogP contribution in [0.2, 0.25) is 0 Å². The van der Waals surface area contributed by atoms with E-state index in [1.54, 1.807) is 24.4 Å². The molecule has 22 heavy (non-hydrogen) atoms. The minimum Gasteiger partial charge on any atom is -0.388 e. The number of imidazole rings is 1. The number of aliphatic hydroxyl groups is 1. The number of hydrogen-bond acceptors (Lipinski definition) is 5. The predicted molar refractivity (Wildman–Crippen MR) is 84.0 cm³/mol. The zero-order valence-corrected chi connectivity index (χ0v) is 12.3. The van der Waals surface area contributed by atoms with Crippen molar-refractivity contribution in [3.05, 3.63) is 70.4 Å². The fourth-order valence-corrected chi connectivity index (χ4v) is 3.12. The molecule has 3 aromatic rings. The van der Waals surface area contributed by atoms with E-state index in [0.29, 0.717) is 16.4 Å². The molecule has 0 saturated heterocycles. The summed E-state index contributed by atoms with van der Waals surface area (Å²) < 4.78 is 1.44. The Balaban J connectivity index is 1.85. The van der Waals surface area contributed by atoms with Gasteiger partial charge in [-0.2, -0.15) is 9.38 Å². The van der Waals surface area contributed by atoms with Gasteiger partial charge in [0.2, 0.25) is 5.65 Å². The second-order valence-corrected chi connectivity index (χ2v) is 5.67. The Kier molecular flexibility index (Phi) is 4.08. The number of benzene rings is 1. The molecule has 7 heteroatoms. The molecule has 0 spiro atoms. The Morgan fingerprint density at radius 2 is 1.95 bits per heavy atom. The van der Waals surface area contributed by atoms with E-state index in [2.05, 4.69) is 4.98 Å². The predicted octanol–water partition coefficient (Wildman–Crippen LogP) is 3.07. The van der Waals surface area contributed by atoms with Gasteiger partial charge >= 0.3 is 5.82 Å². The molecule has 0 fully saturated rings. The van der Waals surface area contributed by atoms with Gasteiger partial charge in [0.15, 0.2) is 5.03 Å². The van der Waals surface area contributed by atoms with Gasteiger partial charge in [-0.15, -0.1) is 0 Å². The van der Waals surface area contributed by atoms with Crippen molar-refractivity contribution in [3.8, 4) is 0 Å². The summed E-state index contributed by atoms with van der Waals surface area (Å²) in [6, 6.07) is 14.4. The highest BCUT2D eigenvalue weighted by atomic mass is 32.2. The second-order valence-electron chi connectivity index (χ2n) is 4.66. The molecule has 3 rings (SSSR count). The molecule has 1 atom stereocenters. The van der Waals surface area contributed by atoms with Gasteiger partial charge in [-0.25, -0.2) is 0 Å². The number of aromatic nitrogens is 2. The number of thioether (sulfide) groups is 1. The number of rotatable bonds is 5. The molecule has 1 aromatic carbocycles. The van der Waals surface area contributed by atoms with Crippen LogP contribution in [0.15, 0.2) is 59.8 Å². The van der Waals surface area contributed by atoms with Crippen molar-refractivity contribution < 1.29 is 10.0 Å². The maximum Gasteiger partial charge on any atom is 0.361 e. The first-order valence-electron chi connectivity index (χ1n) is 6.64. The smallest absolute Gasteiger partial charge is 0.361 e. The van der Waals surface area contributed by atoms with Crippen LogP contribution in [0.1, 0.15) is 11.7 Å². The molecule has 1 N–H and O–H groups in total. The highest BCUT2D eigenvalue weighted by Crippen LogP contribution is 2.32. The molecule has 6 nitrogen and oxygen atoms in total. The molecular weight excluding hydrogens is 302 g/mol. The fraction of sp³-hybridized carbons (Fsp3) is 0.133. The molecule has 0 aliphatic carbocycles. The number of nitro groups is 1. The van der Waals surface area contributed by atoms with E-state index in [0.717, 1.165) is 5.56 Å². The molecule has 0 radical (unpaired) electrons. The van der Waals surface area contributed by atoms with Crippen molar-refractivity contribution in [1.82, 2.24) is 9.38 Å². The van der Waals surface area contributed by atoms with Crippen LogP contribution in [0.5, 0.6) is 0 Å². The Labute approximate surface area is 130 Å². The van der Waals surface area contributed by atoms with Gasteiger partial charge in [0.25, 0.3) is 0 Å². The number of aliphatic hydroxyl groups excluding tert-OH is 1. The summed E-state index contributed by atoms with van der Waals surface area (Å²) in [7, 11) is 0. The van der Waals surface area contributed by atoms with Crippen LogP contribution in [0.4, 0.5) is 5.82 Å². The molecule has 0 unspecified atom stereocenters. The standard InChI is InChI=1S/C15H13N3O3S/c19-12(11-6-2-1-3-7-11)10-22-14-15(18(20)21)17-9-5-4-8-13(17)16-14/h1-9,12,19H,10H2/t12-/m0/s1. The third kappa shape index (κ3) is 2.81. The van der Waals surface area contributed by atoms with Crippen LogP contribution in [0.25, 0.3) is 5.65 Å². The Bertz CT molecular complexity index is 804. The first-order chi connectivity index (χ1) is 10.7. The maximum absolute atomic E-state index is 11.3. The largest absolute Gasteiger partial charge is 0.388 e. The molecule has 0 aliphatic rings. The van der Waals surface area contributed by atoms with Crippen molar-refractivity contribution >= 4 is 23.2 Å². The van der Waals surface area contributed by atoms with Crippen molar-refractivity contribution in [2.45, 2.75) is 11.1 Å². The normalized spacial score (nSPS) is 12.4. The number of fused-ring (bicyclic) bond motifs is 1. The Morgan fingerprint density at radius 1 is 1.23 bits per heavy atom. The lowest BCUT2D eigenvalue weighted by molar-refractivity contribution is -0.393. The van der Waals surface area contributed by atoms with E-state index >= 15 is 0 Å². The maximum atomic E-state index is 11.3. The SMILES string of the molecule is O=[N+]([O-])c1c(SC[C@H](O)c2ccccc2)nc2ccccn12. The lowest BCUT2D eigenvalue weighted by Crippen LogP contribution is -2.01. The van der Waals surface area contributed by atoms with Gasteiger partial charge in [0.1, 0.15) is 0 Å². The topological polar surface area (TPSA) is 80.7 Å². The zero-order valence-electron chi connectivity index (χ0n) is 11.5. The second kappa shape index (κ2) is 6.17. The van der Waals surface area contributed by atoms with Gasteiger partial charge in [0.05, 0.1) is 12.3 Å².